The highest BCUT2D eigenvalue weighted by atomic mass is 16.2. The average molecular weight is 263 g/mol. The Kier molecular flexibility index (Phi) is 3.06. The first-order valence-corrected chi connectivity index (χ1v) is 6.59. The number of carbonyl (C=O) groups is 2. The highest BCUT2D eigenvalue weighted by molar-refractivity contribution is 6.06. The smallest absolute Gasteiger partial charge is 0.247 e. The Balaban J connectivity index is 1.50. The Morgan fingerprint density at radius 1 is 1.42 bits per heavy atom. The van der Waals surface area contributed by atoms with Crippen molar-refractivity contribution in [3.8, 4) is 0 Å². The van der Waals surface area contributed by atoms with E-state index in [9.17, 15) is 9.59 Å². The molecule has 1 saturated carbocycles. The van der Waals surface area contributed by atoms with Crippen molar-refractivity contribution in [2.75, 3.05) is 6.54 Å². The summed E-state index contributed by atoms with van der Waals surface area (Å²) in [6.45, 7) is 0.603. The van der Waals surface area contributed by atoms with Gasteiger partial charge in [-0.05, 0) is 12.8 Å². The minimum Gasteiger partial charge on any atom is -0.305 e. The van der Waals surface area contributed by atoms with Crippen LogP contribution in [-0.4, -0.2) is 50.1 Å². The van der Waals surface area contributed by atoms with E-state index >= 15 is 0 Å². The number of amides is 2. The van der Waals surface area contributed by atoms with Crippen LogP contribution in [0.4, 0.5) is 0 Å². The summed E-state index contributed by atoms with van der Waals surface area (Å²) >= 11 is 0. The maximum Gasteiger partial charge on any atom is 0.247 e. The third-order valence-electron chi connectivity index (χ3n) is 3.48. The van der Waals surface area contributed by atoms with Crippen LogP contribution >= 0.6 is 0 Å². The minimum absolute atomic E-state index is 0.0408. The van der Waals surface area contributed by atoms with E-state index in [4.69, 9.17) is 0 Å². The highest BCUT2D eigenvalue weighted by Gasteiger charge is 2.45. The number of carbonyl (C=O) groups excluding carboxylic acids is 2. The Hall–Kier alpha value is -1.76. The van der Waals surface area contributed by atoms with Gasteiger partial charge in [-0.3, -0.25) is 19.2 Å². The van der Waals surface area contributed by atoms with Crippen molar-refractivity contribution in [1.29, 1.82) is 0 Å². The average Bonchev–Trinajstić information content (AvgIpc) is 3.04. The predicted octanol–water partition coefficient (Wildman–Crippen LogP) is -0.763. The first-order valence-electron chi connectivity index (χ1n) is 6.59. The molecule has 0 bridgehead atoms. The molecule has 19 heavy (non-hydrogen) atoms. The highest BCUT2D eigenvalue weighted by Crippen LogP contribution is 2.31. The maximum atomic E-state index is 12.1. The number of aromatic nitrogens is 3. The second kappa shape index (κ2) is 4.73. The summed E-state index contributed by atoms with van der Waals surface area (Å²) in [7, 11) is 1.82. The van der Waals surface area contributed by atoms with E-state index in [-0.39, 0.29) is 30.3 Å². The van der Waals surface area contributed by atoms with Crippen LogP contribution in [-0.2, 0) is 23.1 Å². The lowest BCUT2D eigenvalue weighted by molar-refractivity contribution is -0.139. The summed E-state index contributed by atoms with van der Waals surface area (Å²) in [4.78, 5) is 29.4. The summed E-state index contributed by atoms with van der Waals surface area (Å²) in [6.07, 6.45) is 4.51. The third-order valence-corrected chi connectivity index (χ3v) is 3.48. The summed E-state index contributed by atoms with van der Waals surface area (Å²) < 4.78 is 1.65. The van der Waals surface area contributed by atoms with Crippen LogP contribution in [0.5, 0.6) is 0 Å². The molecule has 2 aliphatic rings. The van der Waals surface area contributed by atoms with E-state index in [0.29, 0.717) is 13.0 Å². The fourth-order valence-electron chi connectivity index (χ4n) is 2.38. The Labute approximate surface area is 111 Å². The molecule has 1 aliphatic carbocycles. The molecule has 2 fully saturated rings. The Bertz CT molecular complexity index is 508. The molecule has 0 aromatic carbocycles. The van der Waals surface area contributed by atoms with Crippen LogP contribution in [0.1, 0.15) is 25.1 Å². The third kappa shape index (κ3) is 2.51. The first-order chi connectivity index (χ1) is 9.15. The molecule has 0 spiro atoms. The SMILES string of the molecule is Cn1cnc(CCNC2CC(=O)N(C3CC3)C2=O)n1. The largest absolute Gasteiger partial charge is 0.305 e. The van der Waals surface area contributed by atoms with Crippen molar-refractivity contribution in [1.82, 2.24) is 25.0 Å². The van der Waals surface area contributed by atoms with E-state index in [0.717, 1.165) is 18.7 Å². The van der Waals surface area contributed by atoms with Crippen LogP contribution in [0, 0.1) is 0 Å². The van der Waals surface area contributed by atoms with Gasteiger partial charge in [0.2, 0.25) is 11.8 Å². The van der Waals surface area contributed by atoms with E-state index < -0.39 is 0 Å². The summed E-state index contributed by atoms with van der Waals surface area (Å²) in [6, 6.07) is -0.193. The molecule has 1 aromatic heterocycles. The van der Waals surface area contributed by atoms with Gasteiger partial charge in [0.15, 0.2) is 5.82 Å². The summed E-state index contributed by atoms with van der Waals surface area (Å²) in [5, 5.41) is 7.30. The first kappa shape index (κ1) is 12.3. The monoisotopic (exact) mass is 263 g/mol. The maximum absolute atomic E-state index is 12.1. The van der Waals surface area contributed by atoms with Gasteiger partial charge in [0.1, 0.15) is 6.33 Å². The standard InChI is InChI=1S/C12H17N5O2/c1-16-7-14-10(15-16)4-5-13-9-6-11(18)17(12(9)19)8-2-3-8/h7-9,13H,2-6H2,1H3. The van der Waals surface area contributed by atoms with Gasteiger partial charge in [-0.25, -0.2) is 4.98 Å². The van der Waals surface area contributed by atoms with Crippen LogP contribution < -0.4 is 5.32 Å². The van der Waals surface area contributed by atoms with Crippen LogP contribution in [0.2, 0.25) is 0 Å². The fraction of sp³-hybridized carbons (Fsp3) is 0.667. The number of nitrogens with zero attached hydrogens (tertiary/aromatic N) is 4. The van der Waals surface area contributed by atoms with Gasteiger partial charge >= 0.3 is 0 Å². The molecule has 1 aromatic rings. The van der Waals surface area contributed by atoms with E-state index in [1.54, 1.807) is 11.0 Å². The van der Waals surface area contributed by atoms with Gasteiger partial charge in [-0.15, -0.1) is 0 Å². The van der Waals surface area contributed by atoms with Gasteiger partial charge in [0.25, 0.3) is 0 Å². The topological polar surface area (TPSA) is 80.1 Å². The quantitative estimate of drug-likeness (QED) is 0.706. The van der Waals surface area contributed by atoms with Crippen molar-refractivity contribution in [3.63, 3.8) is 0 Å². The van der Waals surface area contributed by atoms with E-state index in [1.807, 2.05) is 7.05 Å². The Morgan fingerprint density at radius 2 is 2.21 bits per heavy atom. The molecule has 2 heterocycles. The lowest BCUT2D eigenvalue weighted by atomic mass is 10.2. The van der Waals surface area contributed by atoms with Gasteiger partial charge in [-0.2, -0.15) is 5.10 Å². The van der Waals surface area contributed by atoms with Gasteiger partial charge in [0, 0.05) is 26.1 Å². The van der Waals surface area contributed by atoms with Crippen LogP contribution in [0.15, 0.2) is 6.33 Å². The van der Waals surface area contributed by atoms with Gasteiger partial charge < -0.3 is 5.32 Å². The molecule has 0 radical (unpaired) electrons. The molecule has 7 nitrogen and oxygen atoms in total. The predicted molar refractivity (Wildman–Crippen MR) is 66.0 cm³/mol. The molecular weight excluding hydrogens is 246 g/mol. The molecule has 2 amide bonds. The number of aryl methyl sites for hydroxylation is 1. The van der Waals surface area contributed by atoms with E-state index in [2.05, 4.69) is 15.4 Å². The van der Waals surface area contributed by atoms with Crippen molar-refractivity contribution in [3.05, 3.63) is 12.2 Å². The molecule has 1 aliphatic heterocycles. The molecule has 7 heteroatoms. The second-order valence-corrected chi connectivity index (χ2v) is 5.13. The van der Waals surface area contributed by atoms with E-state index in [1.165, 1.54) is 4.90 Å². The van der Waals surface area contributed by atoms with Gasteiger partial charge in [-0.1, -0.05) is 0 Å². The molecule has 1 N–H and O–H groups in total. The fourth-order valence-corrected chi connectivity index (χ4v) is 2.38. The molecule has 1 unspecified atom stereocenters. The zero-order valence-electron chi connectivity index (χ0n) is 10.9. The molecule has 102 valence electrons. The molecule has 1 atom stereocenters. The zero-order valence-corrected chi connectivity index (χ0v) is 10.9. The zero-order chi connectivity index (χ0) is 13.4. The number of hydrogen-bond acceptors (Lipinski definition) is 5. The minimum atomic E-state index is -0.364. The second-order valence-electron chi connectivity index (χ2n) is 5.13. The lowest BCUT2D eigenvalue weighted by Crippen LogP contribution is -2.40. The Morgan fingerprint density at radius 3 is 2.84 bits per heavy atom. The van der Waals surface area contributed by atoms with Crippen LogP contribution in [0.3, 0.4) is 0 Å². The number of nitrogens with one attached hydrogen (secondary N) is 1. The number of imide groups is 1. The van der Waals surface area contributed by atoms with Crippen molar-refractivity contribution >= 4 is 11.8 Å². The van der Waals surface area contributed by atoms with Gasteiger partial charge in [0.05, 0.1) is 12.5 Å². The number of likely N-dealkylation sites (tertiary alicyclic amines) is 1. The van der Waals surface area contributed by atoms with Crippen molar-refractivity contribution in [2.45, 2.75) is 37.8 Å². The van der Waals surface area contributed by atoms with Crippen molar-refractivity contribution < 1.29 is 9.59 Å². The summed E-state index contributed by atoms with van der Waals surface area (Å²) in [5.41, 5.74) is 0. The molecular formula is C12H17N5O2. The molecule has 1 saturated heterocycles. The van der Waals surface area contributed by atoms with Crippen molar-refractivity contribution in [2.24, 2.45) is 7.05 Å². The number of rotatable bonds is 5. The molecule has 3 rings (SSSR count). The lowest BCUT2D eigenvalue weighted by Gasteiger charge is -2.14. The number of hydrogen-bond donors (Lipinski definition) is 1. The summed E-state index contributed by atoms with van der Waals surface area (Å²) in [5.74, 6) is 0.633. The normalized spacial score (nSPS) is 23.4. The van der Waals surface area contributed by atoms with Crippen LogP contribution in [0.25, 0.3) is 0 Å².